The number of imide groups is 1. The topological polar surface area (TPSA) is 92.5 Å². The molecule has 0 aromatic heterocycles. The van der Waals surface area contributed by atoms with Crippen LogP contribution in [0.1, 0.15) is 5.56 Å². The van der Waals surface area contributed by atoms with E-state index in [9.17, 15) is 37.3 Å². The van der Waals surface area contributed by atoms with Crippen molar-refractivity contribution in [3.8, 4) is 0 Å². The number of hydrogen-bond donors (Lipinski definition) is 1. The molecule has 1 N–H and O–H groups in total. The molecule has 2 amide bonds. The highest BCUT2D eigenvalue weighted by Gasteiger charge is 2.41. The van der Waals surface area contributed by atoms with Crippen LogP contribution in [0.3, 0.4) is 0 Å². The van der Waals surface area contributed by atoms with E-state index in [0.717, 1.165) is 42.5 Å². The molecule has 0 saturated carbocycles. The quantitative estimate of drug-likeness (QED) is 0.263. The molecular weight excluding hydrogens is 446 g/mol. The number of rotatable bonds is 5. The second kappa shape index (κ2) is 8.19. The normalized spacial score (nSPS) is 13.6. The highest BCUT2D eigenvalue weighted by atomic mass is 19.2. The third-order valence-electron chi connectivity index (χ3n) is 4.79. The lowest BCUT2D eigenvalue weighted by Gasteiger charge is -2.16. The fourth-order valence-corrected chi connectivity index (χ4v) is 3.26. The van der Waals surface area contributed by atoms with Gasteiger partial charge in [-0.15, -0.1) is 0 Å². The molecule has 0 bridgehead atoms. The van der Waals surface area contributed by atoms with Crippen molar-refractivity contribution in [3.63, 3.8) is 0 Å². The minimum Gasteiger partial charge on any atom is -0.350 e. The van der Waals surface area contributed by atoms with Gasteiger partial charge in [-0.2, -0.15) is 0 Å². The number of hydrogen-bond acceptors (Lipinski definition) is 5. The predicted molar refractivity (Wildman–Crippen MR) is 109 cm³/mol. The van der Waals surface area contributed by atoms with Gasteiger partial charge in [0.15, 0.2) is 11.6 Å². The lowest BCUT2D eigenvalue weighted by atomic mass is 10.0. The van der Waals surface area contributed by atoms with Crippen molar-refractivity contribution in [2.75, 3.05) is 10.2 Å². The third kappa shape index (κ3) is 3.91. The number of nitro groups is 1. The summed E-state index contributed by atoms with van der Waals surface area (Å²) in [4.78, 5) is 37.0. The first-order valence-corrected chi connectivity index (χ1v) is 9.22. The molecule has 4 rings (SSSR count). The average Bonchev–Trinajstić information content (AvgIpc) is 3.00. The zero-order valence-corrected chi connectivity index (χ0v) is 16.3. The van der Waals surface area contributed by atoms with Crippen molar-refractivity contribution >= 4 is 34.4 Å². The van der Waals surface area contributed by atoms with Crippen molar-refractivity contribution in [2.45, 2.75) is 0 Å². The number of anilines is 2. The van der Waals surface area contributed by atoms with Crippen LogP contribution < -0.4 is 10.2 Å². The molecule has 166 valence electrons. The van der Waals surface area contributed by atoms with Crippen LogP contribution >= 0.6 is 0 Å². The molecule has 0 aliphatic carbocycles. The van der Waals surface area contributed by atoms with Crippen LogP contribution in [0.25, 0.3) is 5.57 Å². The van der Waals surface area contributed by atoms with E-state index in [1.807, 2.05) is 0 Å². The molecular formula is C22H11F4N3O4. The van der Waals surface area contributed by atoms with Gasteiger partial charge >= 0.3 is 0 Å². The Bertz CT molecular complexity index is 1360. The molecule has 11 heteroatoms. The van der Waals surface area contributed by atoms with Crippen LogP contribution in [0, 0.1) is 33.4 Å². The summed E-state index contributed by atoms with van der Waals surface area (Å²) in [7, 11) is 0. The van der Waals surface area contributed by atoms with Crippen molar-refractivity contribution in [1.82, 2.24) is 0 Å². The van der Waals surface area contributed by atoms with E-state index in [4.69, 9.17) is 0 Å². The van der Waals surface area contributed by atoms with E-state index in [0.29, 0.717) is 11.0 Å². The average molecular weight is 457 g/mol. The monoisotopic (exact) mass is 457 g/mol. The lowest BCUT2D eigenvalue weighted by Crippen LogP contribution is -2.33. The van der Waals surface area contributed by atoms with E-state index >= 15 is 0 Å². The highest BCUT2D eigenvalue weighted by Crippen LogP contribution is 2.35. The Balaban J connectivity index is 1.84. The summed E-state index contributed by atoms with van der Waals surface area (Å²) in [5, 5.41) is 13.5. The maximum Gasteiger partial charge on any atom is 0.282 e. The van der Waals surface area contributed by atoms with Gasteiger partial charge in [-0.25, -0.2) is 22.5 Å². The Morgan fingerprint density at radius 1 is 0.788 bits per heavy atom. The second-order valence-corrected chi connectivity index (χ2v) is 6.85. The minimum absolute atomic E-state index is 0.0639. The number of halogens is 4. The zero-order chi connectivity index (χ0) is 23.9. The Morgan fingerprint density at radius 3 is 2.09 bits per heavy atom. The van der Waals surface area contributed by atoms with Crippen LogP contribution in [0.15, 0.2) is 66.4 Å². The first-order chi connectivity index (χ1) is 15.7. The van der Waals surface area contributed by atoms with Crippen LogP contribution in [0.2, 0.25) is 0 Å². The third-order valence-corrected chi connectivity index (χ3v) is 4.79. The number of benzene rings is 3. The van der Waals surface area contributed by atoms with Gasteiger partial charge in [0, 0.05) is 30.0 Å². The SMILES string of the molecule is O=C1C(Nc2ccc(F)c(F)c2)=C(c2ccc([N+](=O)[O-])cc2)C(=O)N1c1ccc(F)cc1F. The van der Waals surface area contributed by atoms with Crippen molar-refractivity contribution < 1.29 is 32.1 Å². The van der Waals surface area contributed by atoms with Gasteiger partial charge in [-0.3, -0.25) is 19.7 Å². The van der Waals surface area contributed by atoms with Crippen molar-refractivity contribution in [2.24, 2.45) is 0 Å². The number of nitrogens with one attached hydrogen (secondary N) is 1. The fraction of sp³-hybridized carbons (Fsp3) is 0. The summed E-state index contributed by atoms with van der Waals surface area (Å²) in [6.07, 6.45) is 0. The minimum atomic E-state index is -1.23. The maximum absolute atomic E-state index is 14.4. The van der Waals surface area contributed by atoms with Crippen LogP contribution in [-0.2, 0) is 9.59 Å². The van der Waals surface area contributed by atoms with E-state index < -0.39 is 51.4 Å². The van der Waals surface area contributed by atoms with Crippen molar-refractivity contribution in [1.29, 1.82) is 0 Å². The van der Waals surface area contributed by atoms with Gasteiger partial charge in [0.25, 0.3) is 17.5 Å². The summed E-state index contributed by atoms with van der Waals surface area (Å²) in [6.45, 7) is 0. The summed E-state index contributed by atoms with van der Waals surface area (Å²) in [6, 6.07) is 9.48. The highest BCUT2D eigenvalue weighted by molar-refractivity contribution is 6.46. The van der Waals surface area contributed by atoms with E-state index in [1.165, 1.54) is 12.1 Å². The first kappa shape index (κ1) is 21.7. The fourth-order valence-electron chi connectivity index (χ4n) is 3.26. The molecule has 1 aliphatic rings. The molecule has 1 aliphatic heterocycles. The Kier molecular flexibility index (Phi) is 5.38. The number of non-ortho nitro benzene ring substituents is 1. The first-order valence-electron chi connectivity index (χ1n) is 9.22. The van der Waals surface area contributed by atoms with Crippen molar-refractivity contribution in [3.05, 3.63) is 105 Å². The van der Waals surface area contributed by atoms with Gasteiger partial charge in [-0.1, -0.05) is 0 Å². The van der Waals surface area contributed by atoms with Gasteiger partial charge in [-0.05, 0) is 42.0 Å². The summed E-state index contributed by atoms with van der Waals surface area (Å²) < 4.78 is 54.7. The molecule has 0 fully saturated rings. The van der Waals surface area contributed by atoms with E-state index in [1.54, 1.807) is 0 Å². The molecule has 0 unspecified atom stereocenters. The standard InChI is InChI=1S/C22H11F4N3O4/c23-12-3-8-18(17(26)9-12)28-21(30)19(11-1-5-14(6-2-11)29(32)33)20(22(28)31)27-13-4-7-15(24)16(25)10-13/h1-10,27H. The smallest absolute Gasteiger partial charge is 0.282 e. The van der Waals surface area contributed by atoms with Gasteiger partial charge in [0.05, 0.1) is 16.2 Å². The van der Waals surface area contributed by atoms with Gasteiger partial charge < -0.3 is 5.32 Å². The summed E-state index contributed by atoms with van der Waals surface area (Å²) >= 11 is 0. The lowest BCUT2D eigenvalue weighted by molar-refractivity contribution is -0.384. The number of carbonyl (C=O) groups excluding carboxylic acids is 2. The van der Waals surface area contributed by atoms with Crippen LogP contribution in [0.5, 0.6) is 0 Å². The molecule has 33 heavy (non-hydrogen) atoms. The molecule has 1 heterocycles. The number of carbonyl (C=O) groups is 2. The molecule has 0 saturated heterocycles. The Hall–Kier alpha value is -4.54. The molecule has 3 aromatic rings. The molecule has 0 radical (unpaired) electrons. The second-order valence-electron chi connectivity index (χ2n) is 6.85. The Morgan fingerprint density at radius 2 is 1.48 bits per heavy atom. The zero-order valence-electron chi connectivity index (χ0n) is 16.3. The molecule has 7 nitrogen and oxygen atoms in total. The Labute approximate surface area is 182 Å². The van der Waals surface area contributed by atoms with E-state index in [-0.39, 0.29) is 22.5 Å². The number of amides is 2. The number of nitro benzene ring substituents is 1. The molecule has 0 atom stereocenters. The molecule has 3 aromatic carbocycles. The van der Waals surface area contributed by atoms with E-state index in [2.05, 4.69) is 5.32 Å². The summed E-state index contributed by atoms with van der Waals surface area (Å²) in [5.41, 5.74) is -1.56. The molecule has 0 spiro atoms. The van der Waals surface area contributed by atoms with Crippen LogP contribution in [-0.4, -0.2) is 16.7 Å². The summed E-state index contributed by atoms with van der Waals surface area (Å²) in [5.74, 6) is -6.55. The predicted octanol–water partition coefficient (Wildman–Crippen LogP) is 4.55. The largest absolute Gasteiger partial charge is 0.350 e. The number of nitrogens with zero attached hydrogens (tertiary/aromatic N) is 2. The van der Waals surface area contributed by atoms with Crippen LogP contribution in [0.4, 0.5) is 34.6 Å². The maximum atomic E-state index is 14.4. The van der Waals surface area contributed by atoms with Gasteiger partial charge in [0.1, 0.15) is 17.3 Å². The van der Waals surface area contributed by atoms with Gasteiger partial charge in [0.2, 0.25) is 0 Å².